The maximum absolute atomic E-state index is 12.6. The summed E-state index contributed by atoms with van der Waals surface area (Å²) in [7, 11) is 0. The molecular formula is C17H14Cl2F3N3O3. The van der Waals surface area contributed by atoms with E-state index in [1.54, 1.807) is 12.1 Å². The average Bonchev–Trinajstić information content (AvgIpc) is 3.35. The van der Waals surface area contributed by atoms with Crippen LogP contribution < -0.4 is 0 Å². The summed E-state index contributed by atoms with van der Waals surface area (Å²) in [6.07, 6.45) is -1.67. The van der Waals surface area contributed by atoms with Crippen LogP contribution in [0.4, 0.5) is 13.2 Å². The fourth-order valence-electron chi connectivity index (χ4n) is 2.29. The molecule has 11 heteroatoms. The molecule has 0 saturated heterocycles. The summed E-state index contributed by atoms with van der Waals surface area (Å²) in [6.45, 7) is 0.186. The molecule has 0 unspecified atom stereocenters. The van der Waals surface area contributed by atoms with Crippen LogP contribution in [-0.4, -0.2) is 27.7 Å². The number of rotatable bonds is 7. The summed E-state index contributed by atoms with van der Waals surface area (Å²) in [6, 6.07) is 6.35. The van der Waals surface area contributed by atoms with Crippen molar-refractivity contribution in [1.29, 1.82) is 0 Å². The van der Waals surface area contributed by atoms with Crippen LogP contribution in [0.2, 0.25) is 0 Å². The van der Waals surface area contributed by atoms with E-state index in [1.165, 1.54) is 23.3 Å². The summed E-state index contributed by atoms with van der Waals surface area (Å²) in [4.78, 5) is 21.1. The van der Waals surface area contributed by atoms with E-state index in [-0.39, 0.29) is 35.3 Å². The van der Waals surface area contributed by atoms with E-state index in [0.29, 0.717) is 11.1 Å². The lowest BCUT2D eigenvalue weighted by Crippen LogP contribution is -2.32. The zero-order valence-corrected chi connectivity index (χ0v) is 15.8. The number of halogens is 5. The molecule has 2 aromatic rings. The zero-order chi connectivity index (χ0) is 20.3. The van der Waals surface area contributed by atoms with Gasteiger partial charge in [-0.05, 0) is 24.5 Å². The normalized spacial score (nSPS) is 14.0. The SMILES string of the molecule is O=C(C1CC1)N(Cc1ccc(-c2noc(C(F)(F)F)n2)cc1)OCC=C(Cl)Cl. The first-order chi connectivity index (χ1) is 13.2. The highest BCUT2D eigenvalue weighted by atomic mass is 35.5. The molecule has 28 heavy (non-hydrogen) atoms. The van der Waals surface area contributed by atoms with Gasteiger partial charge in [0.2, 0.25) is 11.7 Å². The molecule has 0 atom stereocenters. The van der Waals surface area contributed by atoms with E-state index < -0.39 is 12.1 Å². The predicted molar refractivity (Wildman–Crippen MR) is 93.8 cm³/mol. The van der Waals surface area contributed by atoms with E-state index in [0.717, 1.165) is 12.8 Å². The van der Waals surface area contributed by atoms with Crippen LogP contribution in [0.1, 0.15) is 24.3 Å². The first-order valence-electron chi connectivity index (χ1n) is 8.19. The second-order valence-electron chi connectivity index (χ2n) is 6.06. The van der Waals surface area contributed by atoms with Crippen molar-refractivity contribution in [3.8, 4) is 11.4 Å². The smallest absolute Gasteiger partial charge is 0.329 e. The van der Waals surface area contributed by atoms with Gasteiger partial charge in [-0.15, -0.1) is 0 Å². The fraction of sp³-hybridized carbons (Fsp3) is 0.353. The van der Waals surface area contributed by atoms with Gasteiger partial charge in [-0.25, -0.2) is 5.06 Å². The van der Waals surface area contributed by atoms with Gasteiger partial charge in [-0.2, -0.15) is 18.2 Å². The fourth-order valence-corrected chi connectivity index (χ4v) is 2.42. The van der Waals surface area contributed by atoms with Gasteiger partial charge in [0.05, 0.1) is 13.2 Å². The highest BCUT2D eigenvalue weighted by Crippen LogP contribution is 2.32. The topological polar surface area (TPSA) is 68.5 Å². The minimum atomic E-state index is -4.70. The summed E-state index contributed by atoms with van der Waals surface area (Å²) in [5.74, 6) is -1.79. The highest BCUT2D eigenvalue weighted by Gasteiger charge is 2.38. The number of hydrogen-bond acceptors (Lipinski definition) is 5. The summed E-state index contributed by atoms with van der Waals surface area (Å²) in [5.41, 5.74) is 1.05. The van der Waals surface area contributed by atoms with E-state index >= 15 is 0 Å². The maximum atomic E-state index is 12.6. The minimum Gasteiger partial charge on any atom is -0.329 e. The Bertz CT molecular complexity index is 861. The van der Waals surface area contributed by atoms with Crippen molar-refractivity contribution in [3.05, 3.63) is 46.3 Å². The molecule has 1 amide bonds. The Hall–Kier alpha value is -2.10. The highest BCUT2D eigenvalue weighted by molar-refractivity contribution is 6.55. The first-order valence-corrected chi connectivity index (χ1v) is 8.95. The molecule has 1 aromatic carbocycles. The molecule has 1 aliphatic rings. The van der Waals surface area contributed by atoms with Gasteiger partial charge in [0.25, 0.3) is 0 Å². The van der Waals surface area contributed by atoms with Crippen molar-refractivity contribution < 1.29 is 27.3 Å². The van der Waals surface area contributed by atoms with Crippen LogP contribution in [0.15, 0.2) is 39.4 Å². The van der Waals surface area contributed by atoms with Gasteiger partial charge in [0.1, 0.15) is 4.49 Å². The monoisotopic (exact) mass is 435 g/mol. The molecule has 0 spiro atoms. The molecule has 150 valence electrons. The van der Waals surface area contributed by atoms with Crippen LogP contribution in [0.5, 0.6) is 0 Å². The van der Waals surface area contributed by atoms with Crippen molar-refractivity contribution in [3.63, 3.8) is 0 Å². The van der Waals surface area contributed by atoms with Crippen molar-refractivity contribution in [1.82, 2.24) is 15.2 Å². The van der Waals surface area contributed by atoms with Crippen molar-refractivity contribution in [2.45, 2.75) is 25.6 Å². The number of hydroxylamine groups is 2. The molecule has 1 aliphatic carbocycles. The van der Waals surface area contributed by atoms with Crippen LogP contribution in [0, 0.1) is 5.92 Å². The van der Waals surface area contributed by atoms with Crippen LogP contribution in [0.3, 0.4) is 0 Å². The molecule has 3 rings (SSSR count). The lowest BCUT2D eigenvalue weighted by Gasteiger charge is -2.21. The van der Waals surface area contributed by atoms with Gasteiger partial charge in [0, 0.05) is 11.5 Å². The molecule has 0 bridgehead atoms. The number of hydrogen-bond donors (Lipinski definition) is 0. The van der Waals surface area contributed by atoms with Gasteiger partial charge >= 0.3 is 12.1 Å². The van der Waals surface area contributed by atoms with Crippen LogP contribution in [-0.2, 0) is 22.4 Å². The second kappa shape index (κ2) is 8.50. The van der Waals surface area contributed by atoms with Crippen LogP contribution >= 0.6 is 23.2 Å². The molecule has 0 N–H and O–H groups in total. The minimum absolute atomic E-state index is 0.0292. The Morgan fingerprint density at radius 1 is 1.29 bits per heavy atom. The number of carbonyl (C=O) groups is 1. The van der Waals surface area contributed by atoms with Gasteiger partial charge in [-0.1, -0.05) is 52.6 Å². The standard InChI is InChI=1S/C17H14Cl2F3N3O3/c18-13(19)7-8-27-25(15(26)12-5-6-12)9-10-1-3-11(4-2-10)14-23-16(28-24-14)17(20,21)22/h1-4,7,12H,5-6,8-9H2. The second-order valence-corrected chi connectivity index (χ2v) is 7.06. The predicted octanol–water partition coefficient (Wildman–Crippen LogP) is 4.74. The van der Waals surface area contributed by atoms with E-state index in [4.69, 9.17) is 28.0 Å². The van der Waals surface area contributed by atoms with Crippen molar-refractivity contribution in [2.24, 2.45) is 5.92 Å². The summed E-state index contributed by atoms with van der Waals surface area (Å²) in [5, 5.41) is 4.57. The van der Waals surface area contributed by atoms with Gasteiger partial charge in [-0.3, -0.25) is 9.63 Å². The van der Waals surface area contributed by atoms with Crippen molar-refractivity contribution >= 4 is 29.1 Å². The number of nitrogens with zero attached hydrogens (tertiary/aromatic N) is 3. The first kappa shape index (κ1) is 20.6. The molecule has 6 nitrogen and oxygen atoms in total. The summed E-state index contributed by atoms with van der Waals surface area (Å²) >= 11 is 11.1. The summed E-state index contributed by atoms with van der Waals surface area (Å²) < 4.78 is 41.9. The van der Waals surface area contributed by atoms with Gasteiger partial charge < -0.3 is 4.52 Å². The Kier molecular flexibility index (Phi) is 6.26. The maximum Gasteiger partial charge on any atom is 0.471 e. The Labute approximate surface area is 167 Å². The van der Waals surface area contributed by atoms with E-state index in [1.807, 2.05) is 0 Å². The van der Waals surface area contributed by atoms with E-state index in [2.05, 4.69) is 14.7 Å². The molecule has 1 fully saturated rings. The quantitative estimate of drug-likeness (QED) is 0.587. The third kappa shape index (κ3) is 5.46. The third-order valence-electron chi connectivity index (χ3n) is 3.85. The number of alkyl halides is 3. The molecule has 1 aromatic heterocycles. The molecular weight excluding hydrogens is 422 g/mol. The number of amides is 1. The Morgan fingerprint density at radius 2 is 1.96 bits per heavy atom. The molecule has 0 aliphatic heterocycles. The number of benzene rings is 1. The van der Waals surface area contributed by atoms with E-state index in [9.17, 15) is 18.0 Å². The Morgan fingerprint density at radius 3 is 2.50 bits per heavy atom. The Balaban J connectivity index is 1.69. The molecule has 0 radical (unpaired) electrons. The van der Waals surface area contributed by atoms with Crippen molar-refractivity contribution in [2.75, 3.05) is 6.61 Å². The van der Waals surface area contributed by atoms with Crippen LogP contribution in [0.25, 0.3) is 11.4 Å². The third-order valence-corrected chi connectivity index (χ3v) is 4.16. The largest absolute Gasteiger partial charge is 0.471 e. The molecule has 1 heterocycles. The molecule has 1 saturated carbocycles. The number of aromatic nitrogens is 2. The lowest BCUT2D eigenvalue weighted by molar-refractivity contribution is -0.187. The lowest BCUT2D eigenvalue weighted by atomic mass is 10.1. The average molecular weight is 436 g/mol. The zero-order valence-electron chi connectivity index (χ0n) is 14.2. The van der Waals surface area contributed by atoms with Gasteiger partial charge in [0.15, 0.2) is 0 Å². The number of carbonyl (C=O) groups excluding carboxylic acids is 1.